The summed E-state index contributed by atoms with van der Waals surface area (Å²) < 4.78 is 26.2. The Balaban J connectivity index is 2.09. The third kappa shape index (κ3) is 4.32. The van der Waals surface area contributed by atoms with Crippen LogP contribution in [0.3, 0.4) is 0 Å². The van der Waals surface area contributed by atoms with Crippen molar-refractivity contribution in [3.63, 3.8) is 0 Å². The van der Waals surface area contributed by atoms with E-state index in [1.807, 2.05) is 32.0 Å². The molecule has 2 aromatic rings. The first-order chi connectivity index (χ1) is 10.7. The SMILES string of the molecule is Cc1ccc(C)c(NC(=O)CN(C)S(=O)(=O)c2ccc(Cl)s2)c1. The highest BCUT2D eigenvalue weighted by Gasteiger charge is 2.24. The molecule has 0 radical (unpaired) electrons. The molecule has 2 rings (SSSR count). The van der Waals surface area contributed by atoms with Crippen LogP contribution in [0.25, 0.3) is 0 Å². The number of hydrogen-bond donors (Lipinski definition) is 1. The number of hydrogen-bond acceptors (Lipinski definition) is 4. The van der Waals surface area contributed by atoms with Crippen molar-refractivity contribution in [2.24, 2.45) is 0 Å². The quantitative estimate of drug-likeness (QED) is 0.875. The highest BCUT2D eigenvalue weighted by atomic mass is 35.5. The lowest BCUT2D eigenvalue weighted by Crippen LogP contribution is -2.34. The van der Waals surface area contributed by atoms with Crippen molar-refractivity contribution in [2.45, 2.75) is 18.1 Å². The van der Waals surface area contributed by atoms with Gasteiger partial charge in [-0.25, -0.2) is 8.42 Å². The van der Waals surface area contributed by atoms with Crippen molar-refractivity contribution in [2.75, 3.05) is 18.9 Å². The fourth-order valence-electron chi connectivity index (χ4n) is 1.94. The molecule has 23 heavy (non-hydrogen) atoms. The van der Waals surface area contributed by atoms with Gasteiger partial charge in [0.1, 0.15) is 4.21 Å². The van der Waals surface area contributed by atoms with Gasteiger partial charge >= 0.3 is 0 Å². The first-order valence-electron chi connectivity index (χ1n) is 6.79. The summed E-state index contributed by atoms with van der Waals surface area (Å²) in [5, 5.41) is 2.74. The summed E-state index contributed by atoms with van der Waals surface area (Å²) in [4.78, 5) is 12.1. The molecule has 0 saturated heterocycles. The highest BCUT2D eigenvalue weighted by molar-refractivity contribution is 7.91. The van der Waals surface area contributed by atoms with Gasteiger partial charge in [-0.1, -0.05) is 23.7 Å². The lowest BCUT2D eigenvalue weighted by atomic mass is 10.1. The average Bonchev–Trinajstić information content (AvgIpc) is 2.90. The second kappa shape index (κ2) is 7.00. The number of carbonyl (C=O) groups is 1. The second-order valence-electron chi connectivity index (χ2n) is 5.19. The third-order valence-corrected chi connectivity index (χ3v) is 6.75. The van der Waals surface area contributed by atoms with Crippen molar-refractivity contribution in [1.29, 1.82) is 0 Å². The Morgan fingerprint density at radius 2 is 1.96 bits per heavy atom. The van der Waals surface area contributed by atoms with Crippen molar-refractivity contribution < 1.29 is 13.2 Å². The fourth-order valence-corrected chi connectivity index (χ4v) is 4.76. The van der Waals surface area contributed by atoms with Crippen molar-refractivity contribution in [1.82, 2.24) is 4.31 Å². The first-order valence-corrected chi connectivity index (χ1v) is 9.42. The Kier molecular flexibility index (Phi) is 5.46. The molecule has 0 unspecified atom stereocenters. The van der Waals surface area contributed by atoms with Gasteiger partial charge in [-0.2, -0.15) is 4.31 Å². The molecule has 8 heteroatoms. The molecule has 124 valence electrons. The number of amides is 1. The molecule has 5 nitrogen and oxygen atoms in total. The zero-order valence-corrected chi connectivity index (χ0v) is 15.3. The van der Waals surface area contributed by atoms with Gasteiger partial charge in [0, 0.05) is 12.7 Å². The third-order valence-electron chi connectivity index (χ3n) is 3.25. The van der Waals surface area contributed by atoms with Gasteiger partial charge in [0.25, 0.3) is 10.0 Å². The standard InChI is InChI=1S/C15H17ClN2O3S2/c1-10-4-5-11(2)12(8-10)17-14(19)9-18(3)23(20,21)15-7-6-13(16)22-15/h4-8H,9H2,1-3H3,(H,17,19). The van der Waals surface area contributed by atoms with Crippen LogP contribution in [0.1, 0.15) is 11.1 Å². The second-order valence-corrected chi connectivity index (χ2v) is 9.17. The number of rotatable bonds is 5. The number of halogens is 1. The Morgan fingerprint density at radius 3 is 2.57 bits per heavy atom. The van der Waals surface area contributed by atoms with Gasteiger partial charge in [0.2, 0.25) is 5.91 Å². The van der Waals surface area contributed by atoms with Crippen molar-refractivity contribution in [3.8, 4) is 0 Å². The van der Waals surface area contributed by atoms with Gasteiger partial charge in [-0.15, -0.1) is 11.3 Å². The van der Waals surface area contributed by atoms with Gasteiger partial charge in [0.15, 0.2) is 0 Å². The molecule has 1 aromatic carbocycles. The lowest BCUT2D eigenvalue weighted by Gasteiger charge is -2.16. The Morgan fingerprint density at radius 1 is 1.26 bits per heavy atom. The maximum Gasteiger partial charge on any atom is 0.252 e. The maximum atomic E-state index is 12.4. The minimum atomic E-state index is -3.72. The molecule has 0 atom stereocenters. The minimum absolute atomic E-state index is 0.115. The van der Waals surface area contributed by atoms with E-state index in [4.69, 9.17) is 11.6 Å². The molecule has 0 fully saturated rings. The topological polar surface area (TPSA) is 66.5 Å². The van der Waals surface area contributed by atoms with E-state index in [-0.39, 0.29) is 10.8 Å². The number of aryl methyl sites for hydroxylation is 2. The van der Waals surface area contributed by atoms with Crippen LogP contribution in [-0.2, 0) is 14.8 Å². The summed E-state index contributed by atoms with van der Waals surface area (Å²) in [5.41, 5.74) is 2.61. The predicted octanol–water partition coefficient (Wildman–Crippen LogP) is 3.28. The predicted molar refractivity (Wildman–Crippen MR) is 93.7 cm³/mol. The fraction of sp³-hybridized carbons (Fsp3) is 0.267. The number of benzene rings is 1. The van der Waals surface area contributed by atoms with Crippen LogP contribution < -0.4 is 5.32 Å². The Hall–Kier alpha value is -1.41. The minimum Gasteiger partial charge on any atom is -0.325 e. The van der Waals surface area contributed by atoms with Crippen LogP contribution >= 0.6 is 22.9 Å². The van der Waals surface area contributed by atoms with Crippen molar-refractivity contribution in [3.05, 3.63) is 45.8 Å². The first kappa shape index (κ1) is 17.9. The highest BCUT2D eigenvalue weighted by Crippen LogP contribution is 2.27. The van der Waals surface area contributed by atoms with Crippen LogP contribution in [0.4, 0.5) is 5.69 Å². The van der Waals surface area contributed by atoms with E-state index >= 15 is 0 Å². The number of sulfonamides is 1. The van der Waals surface area contributed by atoms with Crippen LogP contribution in [0.15, 0.2) is 34.5 Å². The number of nitrogens with zero attached hydrogens (tertiary/aromatic N) is 1. The normalized spacial score (nSPS) is 11.7. The summed E-state index contributed by atoms with van der Waals surface area (Å²) in [6.07, 6.45) is 0. The number of carbonyl (C=O) groups excluding carboxylic acids is 1. The van der Waals surface area contributed by atoms with E-state index in [1.54, 1.807) is 0 Å². The van der Waals surface area contributed by atoms with Crippen LogP contribution in [-0.4, -0.2) is 32.2 Å². The monoisotopic (exact) mass is 372 g/mol. The molecule has 0 bridgehead atoms. The molecule has 1 N–H and O–H groups in total. The van der Waals surface area contributed by atoms with E-state index in [0.29, 0.717) is 10.0 Å². The van der Waals surface area contributed by atoms with Gasteiger partial charge in [-0.3, -0.25) is 4.79 Å². The number of thiophene rings is 1. The van der Waals surface area contributed by atoms with Crippen LogP contribution in [0.2, 0.25) is 4.34 Å². The molecule has 0 saturated carbocycles. The smallest absolute Gasteiger partial charge is 0.252 e. The summed E-state index contributed by atoms with van der Waals surface area (Å²) in [7, 11) is -2.35. The maximum absolute atomic E-state index is 12.4. The molecule has 0 aliphatic heterocycles. The lowest BCUT2D eigenvalue weighted by molar-refractivity contribution is -0.116. The zero-order chi connectivity index (χ0) is 17.2. The summed E-state index contributed by atoms with van der Waals surface area (Å²) in [5.74, 6) is -0.396. The zero-order valence-electron chi connectivity index (χ0n) is 13.0. The van der Waals surface area contributed by atoms with Crippen LogP contribution in [0.5, 0.6) is 0 Å². The molecule has 0 aliphatic carbocycles. The van der Waals surface area contributed by atoms with E-state index in [9.17, 15) is 13.2 Å². The van der Waals surface area contributed by atoms with Gasteiger partial charge in [0.05, 0.1) is 10.9 Å². The largest absolute Gasteiger partial charge is 0.325 e. The molecule has 1 amide bonds. The molecule has 0 aliphatic rings. The molecular formula is C15H17ClN2O3S2. The van der Waals surface area contributed by atoms with E-state index in [1.165, 1.54) is 19.2 Å². The van der Waals surface area contributed by atoms with E-state index < -0.39 is 15.9 Å². The molecular weight excluding hydrogens is 356 g/mol. The van der Waals surface area contributed by atoms with E-state index in [0.717, 1.165) is 26.8 Å². The van der Waals surface area contributed by atoms with Crippen molar-refractivity contribution >= 4 is 44.6 Å². The average molecular weight is 373 g/mol. The molecule has 0 spiro atoms. The Bertz CT molecular complexity index is 831. The van der Waals surface area contributed by atoms with Gasteiger partial charge in [-0.05, 0) is 43.2 Å². The van der Waals surface area contributed by atoms with Crippen LogP contribution in [0, 0.1) is 13.8 Å². The number of likely N-dealkylation sites (N-methyl/N-ethyl adjacent to an activating group) is 1. The number of nitrogens with one attached hydrogen (secondary N) is 1. The summed E-state index contributed by atoms with van der Waals surface area (Å²) >= 11 is 6.74. The Labute approximate surface area is 144 Å². The summed E-state index contributed by atoms with van der Waals surface area (Å²) in [6, 6.07) is 8.65. The molecule has 1 heterocycles. The summed E-state index contributed by atoms with van der Waals surface area (Å²) in [6.45, 7) is 3.53. The van der Waals surface area contributed by atoms with E-state index in [2.05, 4.69) is 5.32 Å². The van der Waals surface area contributed by atoms with Gasteiger partial charge < -0.3 is 5.32 Å². The molecule has 1 aromatic heterocycles. The number of anilines is 1.